The van der Waals surface area contributed by atoms with Crippen LogP contribution in [0.1, 0.15) is 28.9 Å². The average molecular weight is 454 g/mol. The van der Waals surface area contributed by atoms with Gasteiger partial charge in [0.25, 0.3) is 5.91 Å². The lowest BCUT2D eigenvalue weighted by Crippen LogP contribution is -2.28. The summed E-state index contributed by atoms with van der Waals surface area (Å²) in [7, 11) is 0. The van der Waals surface area contributed by atoms with E-state index in [0.717, 1.165) is 65.9 Å². The Labute approximate surface area is 198 Å². The van der Waals surface area contributed by atoms with Crippen LogP contribution in [-0.4, -0.2) is 46.7 Å². The van der Waals surface area contributed by atoms with Gasteiger partial charge in [0.1, 0.15) is 11.5 Å². The van der Waals surface area contributed by atoms with E-state index < -0.39 is 0 Å². The van der Waals surface area contributed by atoms with Gasteiger partial charge in [0.15, 0.2) is 0 Å². The number of anilines is 1. The van der Waals surface area contributed by atoms with Crippen molar-refractivity contribution >= 4 is 22.6 Å². The second-order valence-corrected chi connectivity index (χ2v) is 8.43. The van der Waals surface area contributed by atoms with Crippen LogP contribution in [0.25, 0.3) is 22.0 Å². The lowest BCUT2D eigenvalue weighted by Gasteiger charge is -2.23. The van der Waals surface area contributed by atoms with Gasteiger partial charge < -0.3 is 15.4 Å². The Bertz CT molecular complexity index is 1260. The van der Waals surface area contributed by atoms with Gasteiger partial charge in [-0.15, -0.1) is 0 Å². The standard InChI is InChI=1S/C27H27N5O2/c33-27(29-13-9-19-3-5-20(6-4-19)21-2-1-12-28-17-21)24-8-7-22-18-30-26(16-25(22)32-24)31-23-10-14-34-15-11-23/h1-8,12,16-18,23H,9-11,13-15H2,(H,29,33)(H,30,31). The van der Waals surface area contributed by atoms with Gasteiger partial charge in [-0.25, -0.2) is 9.97 Å². The molecule has 0 atom stereocenters. The minimum absolute atomic E-state index is 0.176. The molecule has 0 spiro atoms. The summed E-state index contributed by atoms with van der Waals surface area (Å²) in [6.07, 6.45) is 8.08. The molecule has 3 aromatic heterocycles. The van der Waals surface area contributed by atoms with Crippen LogP contribution in [0, 0.1) is 0 Å². The fourth-order valence-electron chi connectivity index (χ4n) is 4.08. The summed E-state index contributed by atoms with van der Waals surface area (Å²) in [6.45, 7) is 2.07. The molecule has 7 nitrogen and oxygen atoms in total. The van der Waals surface area contributed by atoms with Gasteiger partial charge in [-0.3, -0.25) is 9.78 Å². The van der Waals surface area contributed by atoms with Crippen molar-refractivity contribution in [3.8, 4) is 11.1 Å². The molecular weight excluding hydrogens is 426 g/mol. The lowest BCUT2D eigenvalue weighted by molar-refractivity contribution is 0.0903. The first-order chi connectivity index (χ1) is 16.7. The zero-order valence-corrected chi connectivity index (χ0v) is 18.9. The molecule has 1 saturated heterocycles. The van der Waals surface area contributed by atoms with Gasteiger partial charge >= 0.3 is 0 Å². The Morgan fingerprint density at radius 3 is 2.65 bits per heavy atom. The number of carbonyl (C=O) groups excluding carboxylic acids is 1. The predicted octanol–water partition coefficient (Wildman–Crippen LogP) is 4.26. The van der Waals surface area contributed by atoms with E-state index in [1.165, 1.54) is 0 Å². The summed E-state index contributed by atoms with van der Waals surface area (Å²) in [5.74, 6) is 0.601. The van der Waals surface area contributed by atoms with E-state index in [0.29, 0.717) is 18.3 Å². The van der Waals surface area contributed by atoms with E-state index in [-0.39, 0.29) is 5.91 Å². The van der Waals surface area contributed by atoms with E-state index in [2.05, 4.69) is 49.9 Å². The molecule has 34 heavy (non-hydrogen) atoms. The Morgan fingerprint density at radius 1 is 1.00 bits per heavy atom. The number of nitrogens with one attached hydrogen (secondary N) is 2. The molecule has 4 aromatic rings. The van der Waals surface area contributed by atoms with Gasteiger partial charge in [0.05, 0.1) is 5.52 Å². The number of rotatable bonds is 7. The summed E-state index contributed by atoms with van der Waals surface area (Å²) in [4.78, 5) is 25.9. The highest BCUT2D eigenvalue weighted by atomic mass is 16.5. The van der Waals surface area contributed by atoms with E-state index in [4.69, 9.17) is 4.74 Å². The van der Waals surface area contributed by atoms with E-state index >= 15 is 0 Å². The topological polar surface area (TPSA) is 89.0 Å². The molecule has 1 fully saturated rings. The summed E-state index contributed by atoms with van der Waals surface area (Å²) in [5, 5.41) is 7.34. The molecule has 0 radical (unpaired) electrons. The van der Waals surface area contributed by atoms with Crippen LogP contribution >= 0.6 is 0 Å². The molecular formula is C27H27N5O2. The number of benzene rings is 1. The zero-order valence-electron chi connectivity index (χ0n) is 18.9. The molecule has 0 aliphatic carbocycles. The second-order valence-electron chi connectivity index (χ2n) is 8.43. The smallest absolute Gasteiger partial charge is 0.269 e. The quantitative estimate of drug-likeness (QED) is 0.435. The molecule has 1 aliphatic rings. The maximum absolute atomic E-state index is 12.7. The first-order valence-corrected chi connectivity index (χ1v) is 11.6. The molecule has 1 amide bonds. The summed E-state index contributed by atoms with van der Waals surface area (Å²) < 4.78 is 5.41. The maximum Gasteiger partial charge on any atom is 0.269 e. The Balaban J connectivity index is 1.18. The summed E-state index contributed by atoms with van der Waals surface area (Å²) in [5.41, 5.74) is 4.53. The molecule has 0 saturated carbocycles. The third kappa shape index (κ3) is 5.38. The fourth-order valence-corrected chi connectivity index (χ4v) is 4.08. The van der Waals surface area contributed by atoms with Gasteiger partial charge in [-0.2, -0.15) is 0 Å². The molecule has 1 aromatic carbocycles. The van der Waals surface area contributed by atoms with Crippen molar-refractivity contribution in [1.82, 2.24) is 20.3 Å². The van der Waals surface area contributed by atoms with Crippen LogP contribution in [0.15, 0.2) is 73.2 Å². The Morgan fingerprint density at radius 2 is 1.85 bits per heavy atom. The van der Waals surface area contributed by atoms with Crippen LogP contribution in [-0.2, 0) is 11.2 Å². The van der Waals surface area contributed by atoms with Crippen LogP contribution in [0.4, 0.5) is 5.82 Å². The first kappa shape index (κ1) is 22.0. The van der Waals surface area contributed by atoms with Crippen molar-refractivity contribution in [3.63, 3.8) is 0 Å². The van der Waals surface area contributed by atoms with Gasteiger partial charge in [-0.1, -0.05) is 30.3 Å². The molecule has 0 bridgehead atoms. The van der Waals surface area contributed by atoms with Gasteiger partial charge in [-0.05, 0) is 54.2 Å². The number of hydrogen-bond donors (Lipinski definition) is 2. The predicted molar refractivity (Wildman–Crippen MR) is 133 cm³/mol. The van der Waals surface area contributed by atoms with E-state index in [9.17, 15) is 4.79 Å². The molecule has 2 N–H and O–H groups in total. The van der Waals surface area contributed by atoms with Crippen LogP contribution < -0.4 is 10.6 Å². The number of ether oxygens (including phenoxy) is 1. The van der Waals surface area contributed by atoms with E-state index in [1.54, 1.807) is 18.5 Å². The highest BCUT2D eigenvalue weighted by Crippen LogP contribution is 2.20. The number of aromatic nitrogens is 3. The monoisotopic (exact) mass is 453 g/mol. The van der Waals surface area contributed by atoms with Crippen LogP contribution in [0.2, 0.25) is 0 Å². The van der Waals surface area contributed by atoms with Gasteiger partial charge in [0.2, 0.25) is 0 Å². The van der Waals surface area contributed by atoms with Crippen molar-refractivity contribution in [2.24, 2.45) is 0 Å². The number of fused-ring (bicyclic) bond motifs is 1. The van der Waals surface area contributed by atoms with E-state index in [1.807, 2.05) is 30.5 Å². The number of pyridine rings is 3. The molecule has 7 heteroatoms. The zero-order chi connectivity index (χ0) is 23.2. The average Bonchev–Trinajstić information content (AvgIpc) is 2.90. The normalized spacial score (nSPS) is 14.1. The first-order valence-electron chi connectivity index (χ1n) is 11.6. The largest absolute Gasteiger partial charge is 0.381 e. The highest BCUT2D eigenvalue weighted by Gasteiger charge is 2.14. The number of nitrogens with zero attached hydrogens (tertiary/aromatic N) is 3. The second kappa shape index (κ2) is 10.4. The molecule has 5 rings (SSSR count). The van der Waals surface area contributed by atoms with Crippen LogP contribution in [0.3, 0.4) is 0 Å². The maximum atomic E-state index is 12.7. The number of hydrogen-bond acceptors (Lipinski definition) is 6. The van der Waals surface area contributed by atoms with Crippen molar-refractivity contribution in [1.29, 1.82) is 0 Å². The molecule has 0 unspecified atom stereocenters. The molecule has 1 aliphatic heterocycles. The SMILES string of the molecule is O=C(NCCc1ccc(-c2cccnc2)cc1)c1ccc2cnc(NC3CCOCC3)cc2n1. The van der Waals surface area contributed by atoms with Crippen molar-refractivity contribution < 1.29 is 9.53 Å². The number of carbonyl (C=O) groups is 1. The lowest BCUT2D eigenvalue weighted by atomic mass is 10.0. The van der Waals surface area contributed by atoms with Gasteiger partial charge in [0, 0.05) is 55.8 Å². The fraction of sp³-hybridized carbons (Fsp3) is 0.259. The molecule has 172 valence electrons. The third-order valence-corrected chi connectivity index (χ3v) is 6.03. The summed E-state index contributed by atoms with van der Waals surface area (Å²) in [6, 6.07) is 18.2. The number of amides is 1. The minimum atomic E-state index is -0.176. The molecule has 4 heterocycles. The third-order valence-electron chi connectivity index (χ3n) is 6.03. The van der Waals surface area contributed by atoms with Crippen LogP contribution in [0.5, 0.6) is 0 Å². The van der Waals surface area contributed by atoms with Crippen molar-refractivity contribution in [2.45, 2.75) is 25.3 Å². The highest BCUT2D eigenvalue weighted by molar-refractivity contribution is 5.95. The Kier molecular flexibility index (Phi) is 6.72. The Hall–Kier alpha value is -3.84. The van der Waals surface area contributed by atoms with Crippen molar-refractivity contribution in [2.75, 3.05) is 25.1 Å². The minimum Gasteiger partial charge on any atom is -0.381 e. The van der Waals surface area contributed by atoms with Crippen molar-refractivity contribution in [3.05, 3.63) is 84.4 Å². The summed E-state index contributed by atoms with van der Waals surface area (Å²) >= 11 is 0.